The second kappa shape index (κ2) is 4.99. The predicted molar refractivity (Wildman–Crippen MR) is 68.7 cm³/mol. The van der Waals surface area contributed by atoms with Crippen LogP contribution in [0.4, 0.5) is 4.39 Å². The van der Waals surface area contributed by atoms with Crippen LogP contribution >= 0.6 is 0 Å². The molecule has 0 bridgehead atoms. The van der Waals surface area contributed by atoms with Gasteiger partial charge in [-0.3, -0.25) is 4.79 Å². The van der Waals surface area contributed by atoms with E-state index in [0.717, 1.165) is 11.1 Å². The van der Waals surface area contributed by atoms with Gasteiger partial charge in [-0.25, -0.2) is 4.39 Å². The molecule has 0 aliphatic rings. The van der Waals surface area contributed by atoms with Crippen LogP contribution in [0.25, 0.3) is 0 Å². The number of carbonyl (C=O) groups excluding carboxylic acids is 1. The van der Waals surface area contributed by atoms with Crippen molar-refractivity contribution in [3.63, 3.8) is 0 Å². The maximum absolute atomic E-state index is 13.7. The van der Waals surface area contributed by atoms with Gasteiger partial charge in [0.2, 0.25) is 0 Å². The van der Waals surface area contributed by atoms with Crippen molar-refractivity contribution in [2.24, 2.45) is 5.41 Å². The third kappa shape index (κ3) is 3.65. The number of rotatable bonds is 3. The van der Waals surface area contributed by atoms with E-state index in [2.05, 4.69) is 0 Å². The second-order valence-electron chi connectivity index (χ2n) is 5.72. The van der Waals surface area contributed by atoms with Crippen LogP contribution in [0.3, 0.4) is 0 Å². The number of halogens is 1. The van der Waals surface area contributed by atoms with Crippen LogP contribution in [0.1, 0.15) is 43.9 Å². The minimum Gasteiger partial charge on any atom is -0.299 e. The molecule has 1 aromatic rings. The monoisotopic (exact) mass is 236 g/mol. The van der Waals surface area contributed by atoms with Crippen molar-refractivity contribution in [2.45, 2.75) is 47.5 Å². The maximum atomic E-state index is 13.7. The summed E-state index contributed by atoms with van der Waals surface area (Å²) in [7, 11) is 0. The van der Waals surface area contributed by atoms with Crippen LogP contribution in [-0.4, -0.2) is 5.78 Å². The van der Waals surface area contributed by atoms with E-state index in [-0.39, 0.29) is 17.0 Å². The minimum atomic E-state index is -0.338. The fourth-order valence-corrected chi connectivity index (χ4v) is 1.88. The van der Waals surface area contributed by atoms with Gasteiger partial charge in [-0.15, -0.1) is 0 Å². The molecule has 0 aliphatic carbocycles. The molecule has 1 rings (SSSR count). The molecule has 0 radical (unpaired) electrons. The molecular formula is C15H21FO. The van der Waals surface area contributed by atoms with Gasteiger partial charge >= 0.3 is 0 Å². The quantitative estimate of drug-likeness (QED) is 0.775. The SMILES string of the molecule is Cc1cc(C)c(CCC(=O)C(C)(C)C)c(F)c1. The molecule has 1 aromatic carbocycles. The molecule has 0 saturated carbocycles. The maximum Gasteiger partial charge on any atom is 0.138 e. The minimum absolute atomic E-state index is 0.178. The summed E-state index contributed by atoms with van der Waals surface area (Å²) in [4.78, 5) is 11.8. The zero-order chi connectivity index (χ0) is 13.2. The van der Waals surface area contributed by atoms with Crippen LogP contribution in [0.2, 0.25) is 0 Å². The highest BCUT2D eigenvalue weighted by Gasteiger charge is 2.21. The summed E-state index contributed by atoms with van der Waals surface area (Å²) in [6, 6.07) is 3.49. The molecule has 2 heteroatoms. The summed E-state index contributed by atoms with van der Waals surface area (Å²) in [6.07, 6.45) is 0.901. The van der Waals surface area contributed by atoms with Crippen molar-refractivity contribution in [1.29, 1.82) is 0 Å². The Balaban J connectivity index is 2.80. The number of Topliss-reactive ketones (excluding diaryl/α,β-unsaturated/α-hetero) is 1. The van der Waals surface area contributed by atoms with Gasteiger partial charge in [-0.1, -0.05) is 26.8 Å². The Morgan fingerprint density at radius 3 is 2.29 bits per heavy atom. The molecule has 0 unspecified atom stereocenters. The largest absolute Gasteiger partial charge is 0.299 e. The van der Waals surface area contributed by atoms with E-state index >= 15 is 0 Å². The van der Waals surface area contributed by atoms with E-state index in [1.165, 1.54) is 6.07 Å². The van der Waals surface area contributed by atoms with Crippen LogP contribution in [0, 0.1) is 25.1 Å². The number of ketones is 1. The lowest BCUT2D eigenvalue weighted by atomic mass is 9.87. The van der Waals surface area contributed by atoms with Gasteiger partial charge in [0.25, 0.3) is 0 Å². The van der Waals surface area contributed by atoms with Gasteiger partial charge in [0.15, 0.2) is 0 Å². The van der Waals surface area contributed by atoms with Crippen LogP contribution in [-0.2, 0) is 11.2 Å². The molecule has 17 heavy (non-hydrogen) atoms. The van der Waals surface area contributed by atoms with E-state index in [4.69, 9.17) is 0 Å². The standard InChI is InChI=1S/C15H21FO/c1-10-8-11(2)12(13(16)9-10)6-7-14(17)15(3,4)5/h8-9H,6-7H2,1-5H3. The number of benzene rings is 1. The van der Waals surface area contributed by atoms with Crippen molar-refractivity contribution >= 4 is 5.78 Å². The van der Waals surface area contributed by atoms with Crippen LogP contribution < -0.4 is 0 Å². The average Bonchev–Trinajstić information content (AvgIpc) is 2.13. The first-order valence-corrected chi connectivity index (χ1v) is 6.00. The van der Waals surface area contributed by atoms with E-state index in [1.54, 1.807) is 0 Å². The summed E-state index contributed by atoms with van der Waals surface area (Å²) >= 11 is 0. The van der Waals surface area contributed by atoms with E-state index in [0.29, 0.717) is 18.4 Å². The fourth-order valence-electron chi connectivity index (χ4n) is 1.88. The Hall–Kier alpha value is -1.18. The summed E-state index contributed by atoms with van der Waals surface area (Å²) in [5.74, 6) is -0.0129. The molecule has 0 aliphatic heterocycles. The normalized spacial score (nSPS) is 11.6. The van der Waals surface area contributed by atoms with Gasteiger partial charge in [-0.2, -0.15) is 0 Å². The smallest absolute Gasteiger partial charge is 0.138 e. The zero-order valence-electron chi connectivity index (χ0n) is 11.4. The fraction of sp³-hybridized carbons (Fsp3) is 0.533. The Labute approximate surface area is 103 Å². The summed E-state index contributed by atoms with van der Waals surface area (Å²) in [5.41, 5.74) is 2.19. The predicted octanol–water partition coefficient (Wildman–Crippen LogP) is 3.99. The molecule has 0 spiro atoms. The first-order valence-electron chi connectivity index (χ1n) is 6.00. The van der Waals surface area contributed by atoms with Gasteiger partial charge in [0.05, 0.1) is 0 Å². The third-order valence-electron chi connectivity index (χ3n) is 3.00. The Kier molecular flexibility index (Phi) is 4.07. The second-order valence-corrected chi connectivity index (χ2v) is 5.72. The zero-order valence-corrected chi connectivity index (χ0v) is 11.4. The van der Waals surface area contributed by atoms with E-state index < -0.39 is 0 Å². The van der Waals surface area contributed by atoms with Gasteiger partial charge in [0, 0.05) is 11.8 Å². The lowest BCUT2D eigenvalue weighted by molar-refractivity contribution is -0.126. The molecule has 94 valence electrons. The lowest BCUT2D eigenvalue weighted by Crippen LogP contribution is -2.20. The topological polar surface area (TPSA) is 17.1 Å². The van der Waals surface area contributed by atoms with Gasteiger partial charge in [0.1, 0.15) is 11.6 Å². The summed E-state index contributed by atoms with van der Waals surface area (Å²) in [5, 5.41) is 0. The van der Waals surface area contributed by atoms with Crippen molar-refractivity contribution in [3.05, 3.63) is 34.6 Å². The molecular weight excluding hydrogens is 215 g/mol. The van der Waals surface area contributed by atoms with Crippen molar-refractivity contribution in [2.75, 3.05) is 0 Å². The molecule has 0 amide bonds. The van der Waals surface area contributed by atoms with E-state index in [1.807, 2.05) is 40.7 Å². The highest BCUT2D eigenvalue weighted by molar-refractivity contribution is 5.83. The molecule has 0 aromatic heterocycles. The number of hydrogen-bond donors (Lipinski definition) is 0. The molecule has 1 nitrogen and oxygen atoms in total. The first kappa shape index (κ1) is 13.9. The number of aryl methyl sites for hydroxylation is 2. The van der Waals surface area contributed by atoms with Crippen LogP contribution in [0.5, 0.6) is 0 Å². The Morgan fingerprint density at radius 1 is 1.24 bits per heavy atom. The summed E-state index contributed by atoms with van der Waals surface area (Å²) < 4.78 is 13.7. The van der Waals surface area contributed by atoms with Crippen LogP contribution in [0.15, 0.2) is 12.1 Å². The first-order chi connectivity index (χ1) is 7.71. The molecule has 0 heterocycles. The van der Waals surface area contributed by atoms with Crippen molar-refractivity contribution < 1.29 is 9.18 Å². The third-order valence-corrected chi connectivity index (χ3v) is 3.00. The Bertz CT molecular complexity index is 404. The highest BCUT2D eigenvalue weighted by atomic mass is 19.1. The Morgan fingerprint density at radius 2 is 1.82 bits per heavy atom. The van der Waals surface area contributed by atoms with Crippen molar-refractivity contribution in [3.8, 4) is 0 Å². The molecule has 0 N–H and O–H groups in total. The molecule has 0 saturated heterocycles. The van der Waals surface area contributed by atoms with Crippen molar-refractivity contribution in [1.82, 2.24) is 0 Å². The molecule has 0 atom stereocenters. The molecule has 0 fully saturated rings. The number of carbonyl (C=O) groups is 1. The van der Waals surface area contributed by atoms with Gasteiger partial charge < -0.3 is 0 Å². The average molecular weight is 236 g/mol. The number of hydrogen-bond acceptors (Lipinski definition) is 1. The van der Waals surface area contributed by atoms with E-state index in [9.17, 15) is 9.18 Å². The summed E-state index contributed by atoms with van der Waals surface area (Å²) in [6.45, 7) is 9.46. The highest BCUT2D eigenvalue weighted by Crippen LogP contribution is 2.21. The lowest BCUT2D eigenvalue weighted by Gasteiger charge is -2.17. The van der Waals surface area contributed by atoms with Gasteiger partial charge in [-0.05, 0) is 43.0 Å².